The number of morpholine rings is 1. The van der Waals surface area contributed by atoms with Gasteiger partial charge in [-0.15, -0.1) is 0 Å². The van der Waals surface area contributed by atoms with Crippen LogP contribution in [0.15, 0.2) is 18.2 Å². The Morgan fingerprint density at radius 3 is 2.90 bits per heavy atom. The van der Waals surface area contributed by atoms with Crippen molar-refractivity contribution in [2.75, 3.05) is 19.8 Å². The molecular weight excluding hydrogens is 262 g/mol. The monoisotopic (exact) mass is 284 g/mol. The van der Waals surface area contributed by atoms with Gasteiger partial charge in [0.1, 0.15) is 11.6 Å². The Balaban J connectivity index is 1.89. The number of nitrogens with one attached hydrogen (secondary N) is 2. The maximum atomic E-state index is 13.7. The lowest BCUT2D eigenvalue weighted by Crippen LogP contribution is -2.45. The molecule has 20 heavy (non-hydrogen) atoms. The van der Waals surface area contributed by atoms with Crippen LogP contribution in [0.5, 0.6) is 0 Å². The predicted octanol–water partition coefficient (Wildman–Crippen LogP) is 2.38. The maximum absolute atomic E-state index is 13.7. The van der Waals surface area contributed by atoms with Gasteiger partial charge in [-0.1, -0.05) is 0 Å². The highest BCUT2D eigenvalue weighted by Gasteiger charge is 2.19. The summed E-state index contributed by atoms with van der Waals surface area (Å²) in [6.07, 6.45) is 0.890. The summed E-state index contributed by atoms with van der Waals surface area (Å²) in [4.78, 5) is 0. The topological polar surface area (TPSA) is 33.3 Å². The van der Waals surface area contributed by atoms with Crippen LogP contribution in [-0.2, 0) is 4.74 Å². The Morgan fingerprint density at radius 1 is 1.40 bits per heavy atom. The van der Waals surface area contributed by atoms with Crippen LogP contribution >= 0.6 is 0 Å². The van der Waals surface area contributed by atoms with E-state index in [1.165, 1.54) is 12.1 Å². The van der Waals surface area contributed by atoms with Crippen molar-refractivity contribution >= 4 is 0 Å². The molecule has 3 nitrogen and oxygen atoms in total. The normalized spacial score (nSPS) is 22.5. The second kappa shape index (κ2) is 7.11. The minimum atomic E-state index is -0.412. The first kappa shape index (κ1) is 15.4. The van der Waals surface area contributed by atoms with Crippen molar-refractivity contribution in [2.45, 2.75) is 38.4 Å². The smallest absolute Gasteiger partial charge is 0.128 e. The summed E-state index contributed by atoms with van der Waals surface area (Å²) >= 11 is 0. The van der Waals surface area contributed by atoms with Gasteiger partial charge in [0.25, 0.3) is 0 Å². The van der Waals surface area contributed by atoms with Gasteiger partial charge in [-0.05, 0) is 38.5 Å². The lowest BCUT2D eigenvalue weighted by Gasteiger charge is -2.28. The highest BCUT2D eigenvalue weighted by molar-refractivity contribution is 5.21. The van der Waals surface area contributed by atoms with Crippen LogP contribution in [0.4, 0.5) is 8.78 Å². The summed E-state index contributed by atoms with van der Waals surface area (Å²) in [5.74, 6) is -0.789. The van der Waals surface area contributed by atoms with Crippen molar-refractivity contribution in [3.63, 3.8) is 0 Å². The van der Waals surface area contributed by atoms with Gasteiger partial charge >= 0.3 is 0 Å². The Labute approximate surface area is 118 Å². The summed E-state index contributed by atoms with van der Waals surface area (Å²) in [7, 11) is 0. The molecule has 3 atom stereocenters. The molecule has 0 amide bonds. The number of ether oxygens (including phenoxy) is 1. The second-order valence-corrected chi connectivity index (χ2v) is 5.42. The molecule has 1 aromatic carbocycles. The Hall–Kier alpha value is -1.04. The third kappa shape index (κ3) is 4.23. The van der Waals surface area contributed by atoms with Crippen molar-refractivity contribution < 1.29 is 13.5 Å². The molecule has 0 spiro atoms. The van der Waals surface area contributed by atoms with E-state index in [4.69, 9.17) is 4.74 Å². The molecule has 0 aromatic heterocycles. The average molecular weight is 284 g/mol. The van der Waals surface area contributed by atoms with Crippen LogP contribution < -0.4 is 10.6 Å². The largest absolute Gasteiger partial charge is 0.379 e. The van der Waals surface area contributed by atoms with Gasteiger partial charge < -0.3 is 15.4 Å². The van der Waals surface area contributed by atoms with E-state index in [0.29, 0.717) is 18.2 Å². The minimum Gasteiger partial charge on any atom is -0.379 e. The fourth-order valence-corrected chi connectivity index (χ4v) is 2.63. The van der Waals surface area contributed by atoms with Gasteiger partial charge in [0.05, 0.1) is 13.2 Å². The molecule has 2 rings (SSSR count). The first-order valence-electron chi connectivity index (χ1n) is 7.08. The maximum Gasteiger partial charge on any atom is 0.128 e. The molecule has 0 radical (unpaired) electrons. The molecule has 112 valence electrons. The van der Waals surface area contributed by atoms with E-state index >= 15 is 0 Å². The molecule has 5 heteroatoms. The zero-order valence-corrected chi connectivity index (χ0v) is 12.0. The van der Waals surface area contributed by atoms with Crippen LogP contribution in [0.1, 0.15) is 31.9 Å². The van der Waals surface area contributed by atoms with E-state index in [-0.39, 0.29) is 17.9 Å². The van der Waals surface area contributed by atoms with Gasteiger partial charge in [-0.25, -0.2) is 8.78 Å². The van der Waals surface area contributed by atoms with Crippen LogP contribution in [-0.4, -0.2) is 31.8 Å². The van der Waals surface area contributed by atoms with Crippen molar-refractivity contribution in [2.24, 2.45) is 0 Å². The van der Waals surface area contributed by atoms with Crippen LogP contribution in [0.3, 0.4) is 0 Å². The van der Waals surface area contributed by atoms with Crippen molar-refractivity contribution in [3.05, 3.63) is 35.4 Å². The van der Waals surface area contributed by atoms with Gasteiger partial charge in [0, 0.05) is 30.2 Å². The Bertz CT molecular complexity index is 436. The molecule has 1 aliphatic rings. The third-order valence-corrected chi connectivity index (χ3v) is 3.60. The van der Waals surface area contributed by atoms with Gasteiger partial charge in [0.2, 0.25) is 0 Å². The predicted molar refractivity (Wildman–Crippen MR) is 74.6 cm³/mol. The SMILES string of the molecule is CC(CC1COCCN1)NC(C)c1cc(F)ccc1F. The van der Waals surface area contributed by atoms with E-state index in [9.17, 15) is 8.78 Å². The molecule has 1 heterocycles. The Kier molecular flexibility index (Phi) is 5.46. The number of halogens is 2. The molecule has 1 aromatic rings. The number of hydrogen-bond acceptors (Lipinski definition) is 3. The quantitative estimate of drug-likeness (QED) is 0.871. The molecule has 1 saturated heterocycles. The zero-order chi connectivity index (χ0) is 14.5. The van der Waals surface area contributed by atoms with E-state index in [2.05, 4.69) is 10.6 Å². The van der Waals surface area contributed by atoms with Gasteiger partial charge in [0.15, 0.2) is 0 Å². The van der Waals surface area contributed by atoms with Crippen LogP contribution in [0, 0.1) is 11.6 Å². The van der Waals surface area contributed by atoms with E-state index in [1.54, 1.807) is 0 Å². The first-order chi connectivity index (χ1) is 9.56. The molecule has 0 saturated carbocycles. The second-order valence-electron chi connectivity index (χ2n) is 5.42. The molecule has 2 N–H and O–H groups in total. The summed E-state index contributed by atoms with van der Waals surface area (Å²) < 4.78 is 32.3. The zero-order valence-electron chi connectivity index (χ0n) is 12.0. The first-order valence-corrected chi connectivity index (χ1v) is 7.08. The standard InChI is InChI=1S/C15H22F2N2O/c1-10(7-13-9-20-6-5-18-13)19-11(2)14-8-12(16)3-4-15(14)17/h3-4,8,10-11,13,18-19H,5-7,9H2,1-2H3. The summed E-state index contributed by atoms with van der Waals surface area (Å²) in [6, 6.07) is 3.83. The minimum absolute atomic E-state index is 0.187. The lowest BCUT2D eigenvalue weighted by molar-refractivity contribution is 0.0708. The summed E-state index contributed by atoms with van der Waals surface area (Å²) in [6.45, 7) is 6.21. The van der Waals surface area contributed by atoms with E-state index in [1.807, 2.05) is 13.8 Å². The van der Waals surface area contributed by atoms with Gasteiger partial charge in [-0.2, -0.15) is 0 Å². The molecule has 3 unspecified atom stereocenters. The highest BCUT2D eigenvalue weighted by Crippen LogP contribution is 2.19. The average Bonchev–Trinajstić information content (AvgIpc) is 2.42. The molecule has 1 fully saturated rings. The summed E-state index contributed by atoms with van der Waals surface area (Å²) in [5.41, 5.74) is 0.365. The van der Waals surface area contributed by atoms with Crippen molar-refractivity contribution in [1.82, 2.24) is 10.6 Å². The van der Waals surface area contributed by atoms with E-state index in [0.717, 1.165) is 25.6 Å². The number of hydrogen-bond donors (Lipinski definition) is 2. The fourth-order valence-electron chi connectivity index (χ4n) is 2.63. The van der Waals surface area contributed by atoms with Crippen LogP contribution in [0.2, 0.25) is 0 Å². The van der Waals surface area contributed by atoms with Crippen molar-refractivity contribution in [3.8, 4) is 0 Å². The molecule has 0 aliphatic carbocycles. The molecular formula is C15H22F2N2O. The van der Waals surface area contributed by atoms with E-state index < -0.39 is 5.82 Å². The third-order valence-electron chi connectivity index (χ3n) is 3.60. The number of rotatable bonds is 5. The fraction of sp³-hybridized carbons (Fsp3) is 0.600. The summed E-state index contributed by atoms with van der Waals surface area (Å²) in [5, 5.41) is 6.69. The van der Waals surface area contributed by atoms with Crippen molar-refractivity contribution in [1.29, 1.82) is 0 Å². The lowest BCUT2D eigenvalue weighted by atomic mass is 10.0. The van der Waals surface area contributed by atoms with Crippen LogP contribution in [0.25, 0.3) is 0 Å². The number of benzene rings is 1. The highest BCUT2D eigenvalue weighted by atomic mass is 19.1. The molecule has 0 bridgehead atoms. The van der Waals surface area contributed by atoms with Gasteiger partial charge in [-0.3, -0.25) is 0 Å². The Morgan fingerprint density at radius 2 is 2.20 bits per heavy atom. The molecule has 1 aliphatic heterocycles.